The molecule has 0 radical (unpaired) electrons. The minimum atomic E-state index is -1.07. The van der Waals surface area contributed by atoms with Crippen molar-refractivity contribution in [2.24, 2.45) is 0 Å². The molecule has 0 saturated carbocycles. The van der Waals surface area contributed by atoms with E-state index in [-0.39, 0.29) is 5.91 Å². The smallest absolute Gasteiger partial charge is 0.224 e. The van der Waals surface area contributed by atoms with E-state index in [9.17, 15) is 9.00 Å². The SMILES string of the molecule is Cc1cc(C)c(NC(=O)CCC[S@](=O)Cc2ncc(C)o2)c(C)c1. The maximum absolute atomic E-state index is 12.1. The number of anilines is 1. The molecule has 24 heavy (non-hydrogen) atoms. The lowest BCUT2D eigenvalue weighted by atomic mass is 10.0. The minimum absolute atomic E-state index is 0.0472. The number of rotatable bonds is 7. The molecule has 6 heteroatoms. The molecule has 1 heterocycles. The maximum atomic E-state index is 12.1. The molecule has 0 fully saturated rings. The molecule has 0 aliphatic heterocycles. The molecule has 5 nitrogen and oxygen atoms in total. The van der Waals surface area contributed by atoms with Crippen molar-refractivity contribution >= 4 is 22.4 Å². The van der Waals surface area contributed by atoms with Gasteiger partial charge in [-0.15, -0.1) is 0 Å². The number of aryl methyl sites for hydroxylation is 4. The fourth-order valence-corrected chi connectivity index (χ4v) is 3.67. The molecule has 0 unspecified atom stereocenters. The van der Waals surface area contributed by atoms with Gasteiger partial charge < -0.3 is 9.73 Å². The Kier molecular flexibility index (Phi) is 6.31. The molecular weight excluding hydrogens is 324 g/mol. The van der Waals surface area contributed by atoms with Crippen molar-refractivity contribution in [1.82, 2.24) is 4.98 Å². The van der Waals surface area contributed by atoms with Crippen LogP contribution in [-0.2, 0) is 21.3 Å². The lowest BCUT2D eigenvalue weighted by Crippen LogP contribution is -2.14. The number of oxazole rings is 1. The highest BCUT2D eigenvalue weighted by molar-refractivity contribution is 7.84. The molecule has 1 aromatic heterocycles. The van der Waals surface area contributed by atoms with Crippen molar-refractivity contribution in [2.45, 2.75) is 46.3 Å². The standard InChI is InChI=1S/C18H24N2O3S/c1-12-8-13(2)18(14(3)9-12)20-16(21)6-5-7-24(22)11-17-19-10-15(4)23-17/h8-10H,5-7,11H2,1-4H3,(H,20,21)/t24-/m0/s1. The third kappa shape index (κ3) is 5.30. The summed E-state index contributed by atoms with van der Waals surface area (Å²) >= 11 is 0. The summed E-state index contributed by atoms with van der Waals surface area (Å²) in [6, 6.07) is 4.10. The van der Waals surface area contributed by atoms with Crippen molar-refractivity contribution in [2.75, 3.05) is 11.1 Å². The van der Waals surface area contributed by atoms with Crippen LogP contribution in [0.5, 0.6) is 0 Å². The van der Waals surface area contributed by atoms with Crippen LogP contribution >= 0.6 is 0 Å². The molecular formula is C18H24N2O3S. The van der Waals surface area contributed by atoms with Crippen LogP contribution in [0.4, 0.5) is 5.69 Å². The van der Waals surface area contributed by atoms with Crippen LogP contribution < -0.4 is 5.32 Å². The summed E-state index contributed by atoms with van der Waals surface area (Å²) in [6.07, 6.45) is 2.54. The molecule has 2 rings (SSSR count). The zero-order valence-electron chi connectivity index (χ0n) is 14.6. The molecule has 1 atom stereocenters. The third-order valence-electron chi connectivity index (χ3n) is 3.67. The van der Waals surface area contributed by atoms with Gasteiger partial charge in [0, 0.05) is 28.7 Å². The molecule has 1 N–H and O–H groups in total. The van der Waals surface area contributed by atoms with E-state index < -0.39 is 10.8 Å². The number of nitrogens with zero attached hydrogens (tertiary/aromatic N) is 1. The van der Waals surface area contributed by atoms with Gasteiger partial charge in [0.05, 0.1) is 6.20 Å². The van der Waals surface area contributed by atoms with Gasteiger partial charge in [0.25, 0.3) is 0 Å². The van der Waals surface area contributed by atoms with Crippen LogP contribution in [0.3, 0.4) is 0 Å². The summed E-state index contributed by atoms with van der Waals surface area (Å²) in [5.41, 5.74) is 4.18. The van der Waals surface area contributed by atoms with Gasteiger partial charge in [0.15, 0.2) is 0 Å². The number of carbonyl (C=O) groups is 1. The van der Waals surface area contributed by atoms with Gasteiger partial charge in [-0.05, 0) is 45.2 Å². The number of nitrogens with one attached hydrogen (secondary N) is 1. The van der Waals surface area contributed by atoms with Crippen LogP contribution in [0.2, 0.25) is 0 Å². The molecule has 0 saturated heterocycles. The van der Waals surface area contributed by atoms with Crippen molar-refractivity contribution in [3.05, 3.63) is 46.7 Å². The summed E-state index contributed by atoms with van der Waals surface area (Å²) in [7, 11) is -1.07. The lowest BCUT2D eigenvalue weighted by Gasteiger charge is -2.12. The summed E-state index contributed by atoms with van der Waals surface area (Å²) in [5.74, 6) is 1.91. The van der Waals surface area contributed by atoms with Crippen molar-refractivity contribution in [1.29, 1.82) is 0 Å². The van der Waals surface area contributed by atoms with Gasteiger partial charge in [-0.1, -0.05) is 17.7 Å². The Morgan fingerprint density at radius 3 is 2.46 bits per heavy atom. The normalized spacial score (nSPS) is 12.2. The second kappa shape index (κ2) is 8.24. The lowest BCUT2D eigenvalue weighted by molar-refractivity contribution is -0.116. The number of amides is 1. The van der Waals surface area contributed by atoms with Crippen LogP contribution in [0.15, 0.2) is 22.7 Å². The Bertz CT molecular complexity index is 729. The molecule has 0 aliphatic rings. The molecule has 2 aromatic rings. The summed E-state index contributed by atoms with van der Waals surface area (Å²) < 4.78 is 17.3. The van der Waals surface area contributed by atoms with E-state index in [1.165, 1.54) is 5.56 Å². The van der Waals surface area contributed by atoms with Crippen LogP contribution in [0.25, 0.3) is 0 Å². The predicted octanol–water partition coefficient (Wildman–Crippen LogP) is 3.58. The van der Waals surface area contributed by atoms with E-state index in [1.807, 2.05) is 20.8 Å². The van der Waals surface area contributed by atoms with Crippen LogP contribution in [0.1, 0.15) is 41.2 Å². The zero-order valence-corrected chi connectivity index (χ0v) is 15.5. The fourth-order valence-electron chi connectivity index (χ4n) is 2.65. The van der Waals surface area contributed by atoms with E-state index in [4.69, 9.17) is 4.42 Å². The van der Waals surface area contributed by atoms with E-state index in [0.717, 1.165) is 16.8 Å². The van der Waals surface area contributed by atoms with Crippen molar-refractivity contribution in [3.8, 4) is 0 Å². The summed E-state index contributed by atoms with van der Waals surface area (Å²) in [5, 5.41) is 2.96. The van der Waals surface area contributed by atoms with Gasteiger partial charge in [-0.2, -0.15) is 0 Å². The number of hydrogen-bond donors (Lipinski definition) is 1. The Labute approximate surface area is 145 Å². The van der Waals surface area contributed by atoms with Gasteiger partial charge in [-0.3, -0.25) is 9.00 Å². The third-order valence-corrected chi connectivity index (χ3v) is 4.98. The van der Waals surface area contributed by atoms with Crippen LogP contribution in [0, 0.1) is 27.7 Å². The highest BCUT2D eigenvalue weighted by Gasteiger charge is 2.11. The van der Waals surface area contributed by atoms with Gasteiger partial charge in [0.1, 0.15) is 11.5 Å². The summed E-state index contributed by atoms with van der Waals surface area (Å²) in [4.78, 5) is 16.1. The zero-order chi connectivity index (χ0) is 17.7. The Hall–Kier alpha value is -1.95. The molecule has 1 aromatic carbocycles. The first-order chi connectivity index (χ1) is 11.3. The van der Waals surface area contributed by atoms with Gasteiger partial charge in [0.2, 0.25) is 11.8 Å². The Morgan fingerprint density at radius 1 is 1.21 bits per heavy atom. The molecule has 0 aliphatic carbocycles. The molecule has 0 spiro atoms. The van der Waals surface area contributed by atoms with Crippen molar-refractivity contribution < 1.29 is 13.4 Å². The average molecular weight is 348 g/mol. The largest absolute Gasteiger partial charge is 0.445 e. The quantitative estimate of drug-likeness (QED) is 0.830. The monoisotopic (exact) mass is 348 g/mol. The van der Waals surface area contributed by atoms with Gasteiger partial charge in [-0.25, -0.2) is 4.98 Å². The minimum Gasteiger partial charge on any atom is -0.445 e. The predicted molar refractivity (Wildman–Crippen MR) is 96.5 cm³/mol. The highest BCUT2D eigenvalue weighted by atomic mass is 32.2. The topological polar surface area (TPSA) is 72.2 Å². The van der Waals surface area contributed by atoms with E-state index in [2.05, 4.69) is 22.4 Å². The molecule has 1 amide bonds. The van der Waals surface area contributed by atoms with Crippen LogP contribution in [-0.4, -0.2) is 20.9 Å². The van der Waals surface area contributed by atoms with E-state index in [1.54, 1.807) is 13.1 Å². The second-order valence-electron chi connectivity index (χ2n) is 6.08. The fraction of sp³-hybridized carbons (Fsp3) is 0.444. The number of benzene rings is 1. The molecule has 0 bridgehead atoms. The Morgan fingerprint density at radius 2 is 1.88 bits per heavy atom. The average Bonchev–Trinajstić information content (AvgIpc) is 2.88. The molecule has 130 valence electrons. The first-order valence-electron chi connectivity index (χ1n) is 7.99. The van der Waals surface area contributed by atoms with Gasteiger partial charge >= 0.3 is 0 Å². The first kappa shape index (κ1) is 18.4. The van der Waals surface area contributed by atoms with E-state index >= 15 is 0 Å². The number of carbonyl (C=O) groups excluding carboxylic acids is 1. The first-order valence-corrected chi connectivity index (χ1v) is 9.48. The maximum Gasteiger partial charge on any atom is 0.224 e. The summed E-state index contributed by atoms with van der Waals surface area (Å²) in [6.45, 7) is 7.82. The number of hydrogen-bond acceptors (Lipinski definition) is 4. The van der Waals surface area contributed by atoms with Crippen molar-refractivity contribution in [3.63, 3.8) is 0 Å². The van der Waals surface area contributed by atoms with E-state index in [0.29, 0.717) is 36.0 Å². The second-order valence-corrected chi connectivity index (χ2v) is 7.65. The highest BCUT2D eigenvalue weighted by Crippen LogP contribution is 2.22. The number of aromatic nitrogens is 1. The Balaban J connectivity index is 1.78.